The van der Waals surface area contributed by atoms with E-state index in [0.29, 0.717) is 32.6 Å². The van der Waals surface area contributed by atoms with Gasteiger partial charge in [0.1, 0.15) is 5.82 Å². The minimum atomic E-state index is -0.545. The Morgan fingerprint density at radius 3 is 2.37 bits per heavy atom. The fraction of sp³-hybridized carbons (Fsp3) is 0.556. The lowest BCUT2D eigenvalue weighted by Gasteiger charge is -2.37. The molecule has 2 aliphatic carbocycles. The Kier molecular flexibility index (Phi) is 6.97. The lowest BCUT2D eigenvalue weighted by atomic mass is 9.88. The highest BCUT2D eigenvalue weighted by atomic mass is 19.1. The van der Waals surface area contributed by atoms with Crippen molar-refractivity contribution in [3.63, 3.8) is 0 Å². The van der Waals surface area contributed by atoms with Crippen molar-refractivity contribution in [1.29, 1.82) is 0 Å². The first-order chi connectivity index (χ1) is 17.0. The van der Waals surface area contributed by atoms with Gasteiger partial charge >= 0.3 is 0 Å². The van der Waals surface area contributed by atoms with Crippen molar-refractivity contribution in [2.75, 3.05) is 26.2 Å². The number of fused-ring (bicyclic) bond motifs is 1. The maximum Gasteiger partial charge on any atom is 0.267 e. The molecule has 1 aromatic heterocycles. The molecule has 1 aliphatic heterocycles. The number of hydrogen-bond acceptors (Lipinski definition) is 4. The van der Waals surface area contributed by atoms with Crippen LogP contribution in [0.1, 0.15) is 77.7 Å². The van der Waals surface area contributed by atoms with E-state index in [0.717, 1.165) is 73.8 Å². The molecule has 0 unspecified atom stereocenters. The van der Waals surface area contributed by atoms with Gasteiger partial charge in [0.2, 0.25) is 5.91 Å². The lowest BCUT2D eigenvalue weighted by Crippen LogP contribution is -2.52. The van der Waals surface area contributed by atoms with Gasteiger partial charge in [-0.05, 0) is 61.8 Å². The van der Waals surface area contributed by atoms with E-state index < -0.39 is 5.82 Å². The number of amides is 2. The molecule has 0 radical (unpaired) electrons. The zero-order chi connectivity index (χ0) is 24.4. The zero-order valence-corrected chi connectivity index (χ0v) is 20.2. The van der Waals surface area contributed by atoms with Crippen LogP contribution in [0.4, 0.5) is 4.39 Å². The third kappa shape index (κ3) is 5.02. The van der Waals surface area contributed by atoms with Crippen LogP contribution in [-0.4, -0.2) is 58.0 Å². The predicted octanol–water partition coefficient (Wildman–Crippen LogP) is 3.24. The van der Waals surface area contributed by atoms with Gasteiger partial charge in [0.15, 0.2) is 0 Å². The molecule has 0 atom stereocenters. The second-order valence-electron chi connectivity index (χ2n) is 10.1. The van der Waals surface area contributed by atoms with Gasteiger partial charge in [-0.25, -0.2) is 9.49 Å². The van der Waals surface area contributed by atoms with Crippen LogP contribution in [0.15, 0.2) is 23.0 Å². The van der Waals surface area contributed by atoms with Crippen LogP contribution >= 0.6 is 0 Å². The molecule has 1 saturated heterocycles. The van der Waals surface area contributed by atoms with Gasteiger partial charge in [0.05, 0.1) is 11.3 Å². The molecular weight excluding hydrogens is 447 g/mol. The van der Waals surface area contributed by atoms with Crippen molar-refractivity contribution in [2.24, 2.45) is 5.92 Å². The minimum absolute atomic E-state index is 0.0489. The summed E-state index contributed by atoms with van der Waals surface area (Å²) in [6, 6.07) is 4.62. The molecule has 7 nitrogen and oxygen atoms in total. The first-order valence-corrected chi connectivity index (χ1v) is 13.0. The lowest BCUT2D eigenvalue weighted by molar-refractivity contribution is -0.138. The number of carbonyl (C=O) groups excluding carboxylic acids is 2. The summed E-state index contributed by atoms with van der Waals surface area (Å²) in [4.78, 5) is 41.7. The van der Waals surface area contributed by atoms with Crippen LogP contribution in [0, 0.1) is 11.7 Å². The van der Waals surface area contributed by atoms with E-state index in [1.807, 2.05) is 4.90 Å². The van der Waals surface area contributed by atoms with E-state index >= 15 is 0 Å². The number of nitrogens with one attached hydrogen (secondary N) is 1. The third-order valence-corrected chi connectivity index (χ3v) is 7.85. The fourth-order valence-corrected chi connectivity index (χ4v) is 5.82. The monoisotopic (exact) mass is 480 g/mol. The van der Waals surface area contributed by atoms with Crippen molar-refractivity contribution in [1.82, 2.24) is 20.0 Å². The molecule has 0 spiro atoms. The number of halogens is 1. The van der Waals surface area contributed by atoms with Gasteiger partial charge in [-0.3, -0.25) is 14.4 Å². The largest absolute Gasteiger partial charge is 0.339 e. The van der Waals surface area contributed by atoms with Crippen molar-refractivity contribution < 1.29 is 14.0 Å². The summed E-state index contributed by atoms with van der Waals surface area (Å²) < 4.78 is 14.7. The molecule has 2 heterocycles. The van der Waals surface area contributed by atoms with E-state index in [2.05, 4.69) is 10.2 Å². The Labute approximate surface area is 204 Å². The highest BCUT2D eigenvalue weighted by Crippen LogP contribution is 2.26. The normalized spacial score (nSPS) is 18.9. The molecule has 3 aliphatic rings. The molecule has 2 fully saturated rings. The number of aromatic nitrogens is 2. The Balaban J connectivity index is 1.27. The topological polar surface area (TPSA) is 86.4 Å². The number of rotatable bonds is 4. The van der Waals surface area contributed by atoms with Crippen molar-refractivity contribution >= 4 is 11.8 Å². The number of benzene rings is 1. The molecule has 0 bridgehead atoms. The van der Waals surface area contributed by atoms with Gasteiger partial charge in [-0.2, -0.15) is 5.10 Å². The maximum atomic E-state index is 14.7. The van der Waals surface area contributed by atoms with Gasteiger partial charge in [0, 0.05) is 44.1 Å². The van der Waals surface area contributed by atoms with Crippen molar-refractivity contribution in [3.05, 3.63) is 62.3 Å². The van der Waals surface area contributed by atoms with E-state index in [1.165, 1.54) is 12.5 Å². The van der Waals surface area contributed by atoms with E-state index in [4.69, 9.17) is 0 Å². The summed E-state index contributed by atoms with van der Waals surface area (Å²) in [6.45, 7) is 1.82. The van der Waals surface area contributed by atoms with E-state index in [-0.39, 0.29) is 28.9 Å². The Morgan fingerprint density at radius 2 is 1.63 bits per heavy atom. The second kappa shape index (κ2) is 10.3. The molecule has 1 aromatic carbocycles. The quantitative estimate of drug-likeness (QED) is 0.728. The number of nitrogens with zero attached hydrogens (tertiary/aromatic N) is 3. The van der Waals surface area contributed by atoms with Crippen LogP contribution in [-0.2, 0) is 24.1 Å². The van der Waals surface area contributed by atoms with Crippen LogP contribution < -0.4 is 5.56 Å². The summed E-state index contributed by atoms with van der Waals surface area (Å²) >= 11 is 0. The summed E-state index contributed by atoms with van der Waals surface area (Å²) in [5.41, 5.74) is 3.30. The summed E-state index contributed by atoms with van der Waals surface area (Å²) in [5, 5.41) is 6.87. The number of aromatic amines is 1. The van der Waals surface area contributed by atoms with Crippen molar-refractivity contribution in [2.45, 2.75) is 64.2 Å². The molecule has 2 aromatic rings. The van der Waals surface area contributed by atoms with Crippen LogP contribution in [0.2, 0.25) is 0 Å². The minimum Gasteiger partial charge on any atom is -0.339 e. The fourth-order valence-electron chi connectivity index (χ4n) is 5.82. The number of hydrogen-bond donors (Lipinski definition) is 1. The summed E-state index contributed by atoms with van der Waals surface area (Å²) in [6.07, 6.45) is 9.37. The van der Waals surface area contributed by atoms with Gasteiger partial charge < -0.3 is 9.80 Å². The number of H-pyrrole nitrogens is 1. The van der Waals surface area contributed by atoms with Crippen LogP contribution in [0.3, 0.4) is 0 Å². The molecular formula is C27H33FN4O3. The Bertz CT molecular complexity index is 1160. The van der Waals surface area contributed by atoms with Crippen LogP contribution in [0.5, 0.6) is 0 Å². The first kappa shape index (κ1) is 23.7. The first-order valence-electron chi connectivity index (χ1n) is 13.0. The average molecular weight is 481 g/mol. The molecule has 186 valence electrons. The second-order valence-corrected chi connectivity index (χ2v) is 10.1. The predicted molar refractivity (Wildman–Crippen MR) is 130 cm³/mol. The molecule has 1 saturated carbocycles. The Hall–Kier alpha value is -3.03. The number of piperazine rings is 1. The van der Waals surface area contributed by atoms with Crippen LogP contribution in [0.25, 0.3) is 0 Å². The summed E-state index contributed by atoms with van der Waals surface area (Å²) in [5.74, 6) is -0.560. The Morgan fingerprint density at radius 1 is 0.943 bits per heavy atom. The highest BCUT2D eigenvalue weighted by molar-refractivity contribution is 5.95. The van der Waals surface area contributed by atoms with Gasteiger partial charge in [-0.15, -0.1) is 0 Å². The van der Waals surface area contributed by atoms with E-state index in [9.17, 15) is 18.8 Å². The maximum absolute atomic E-state index is 14.7. The summed E-state index contributed by atoms with van der Waals surface area (Å²) in [7, 11) is 0. The SMILES string of the molecule is O=C(c1cc(Cc2n[nH]c(=O)c3c2CCCC3)ccc1F)N1CCN(C(=O)C2CCCCC2)CC1. The standard InChI is InChI=1S/C27H33FN4O3/c28-23-11-10-18(17-24-20-8-4-5-9-21(20)25(33)30-29-24)16-22(23)27(35)32-14-12-31(13-15-32)26(34)19-6-2-1-3-7-19/h10-11,16,19H,1-9,12-15,17H2,(H,30,33). The number of carbonyl (C=O) groups is 2. The zero-order valence-electron chi connectivity index (χ0n) is 20.2. The smallest absolute Gasteiger partial charge is 0.267 e. The average Bonchev–Trinajstić information content (AvgIpc) is 2.91. The highest BCUT2D eigenvalue weighted by Gasteiger charge is 2.30. The molecule has 1 N–H and O–H groups in total. The van der Waals surface area contributed by atoms with E-state index in [1.54, 1.807) is 17.0 Å². The molecule has 8 heteroatoms. The molecule has 35 heavy (non-hydrogen) atoms. The molecule has 5 rings (SSSR count). The van der Waals surface area contributed by atoms with Gasteiger partial charge in [-0.1, -0.05) is 25.3 Å². The van der Waals surface area contributed by atoms with Gasteiger partial charge in [0.25, 0.3) is 11.5 Å². The van der Waals surface area contributed by atoms with Crippen molar-refractivity contribution in [3.8, 4) is 0 Å². The third-order valence-electron chi connectivity index (χ3n) is 7.85. The molecule has 2 amide bonds.